The standard InChI is InChI=1S/C23H24ClN5O2/c1-15(17-7-9-18(10-8-17)27-23(31)28-19-11-12-19)26-20-13-25-29(22(30)21(20)24)14-16-5-3-2-4-6-16/h2-10,13,15,19,26H,11-12,14H2,1H3,(H2,27,28,31). The lowest BCUT2D eigenvalue weighted by molar-refractivity contribution is 0.251. The summed E-state index contributed by atoms with van der Waals surface area (Å²) >= 11 is 6.33. The fourth-order valence-electron chi connectivity index (χ4n) is 3.19. The predicted molar refractivity (Wildman–Crippen MR) is 123 cm³/mol. The molecule has 0 bridgehead atoms. The number of urea groups is 1. The first-order valence-electron chi connectivity index (χ1n) is 10.2. The number of carbonyl (C=O) groups excluding carboxylic acids is 1. The van der Waals surface area contributed by atoms with Crippen LogP contribution in [0.15, 0.2) is 65.6 Å². The number of carbonyl (C=O) groups is 1. The van der Waals surface area contributed by atoms with E-state index in [1.54, 1.807) is 6.20 Å². The Labute approximate surface area is 185 Å². The molecule has 1 aliphatic rings. The second-order valence-corrected chi connectivity index (χ2v) is 8.06. The van der Waals surface area contributed by atoms with Crippen LogP contribution in [0.25, 0.3) is 0 Å². The van der Waals surface area contributed by atoms with E-state index in [0.29, 0.717) is 18.3 Å². The van der Waals surface area contributed by atoms with Gasteiger partial charge in [0.2, 0.25) is 0 Å². The zero-order valence-corrected chi connectivity index (χ0v) is 17.9. The van der Waals surface area contributed by atoms with E-state index in [-0.39, 0.29) is 22.7 Å². The zero-order valence-electron chi connectivity index (χ0n) is 17.1. The molecule has 7 nitrogen and oxygen atoms in total. The molecular formula is C23H24ClN5O2. The smallest absolute Gasteiger partial charge is 0.319 e. The number of aromatic nitrogens is 2. The molecular weight excluding hydrogens is 414 g/mol. The number of hydrogen-bond donors (Lipinski definition) is 3. The van der Waals surface area contributed by atoms with Crippen LogP contribution in [0.2, 0.25) is 5.02 Å². The third-order valence-corrected chi connectivity index (χ3v) is 5.48. The van der Waals surface area contributed by atoms with Gasteiger partial charge >= 0.3 is 6.03 Å². The predicted octanol–water partition coefficient (Wildman–Crippen LogP) is 4.40. The molecule has 31 heavy (non-hydrogen) atoms. The van der Waals surface area contributed by atoms with Crippen molar-refractivity contribution in [2.75, 3.05) is 10.6 Å². The van der Waals surface area contributed by atoms with Gasteiger partial charge in [-0.15, -0.1) is 0 Å². The molecule has 4 rings (SSSR count). The summed E-state index contributed by atoms with van der Waals surface area (Å²) in [5.74, 6) is 0. The van der Waals surface area contributed by atoms with Crippen molar-refractivity contribution in [3.8, 4) is 0 Å². The Morgan fingerprint density at radius 3 is 2.55 bits per heavy atom. The number of amides is 2. The molecule has 1 saturated carbocycles. The average molecular weight is 438 g/mol. The van der Waals surface area contributed by atoms with E-state index < -0.39 is 0 Å². The van der Waals surface area contributed by atoms with Crippen LogP contribution in [0.1, 0.15) is 36.9 Å². The first-order valence-corrected chi connectivity index (χ1v) is 10.6. The van der Waals surface area contributed by atoms with Crippen LogP contribution in [0.5, 0.6) is 0 Å². The Hall–Kier alpha value is -3.32. The number of nitrogens with zero attached hydrogens (tertiary/aromatic N) is 2. The number of halogens is 1. The number of hydrogen-bond acceptors (Lipinski definition) is 4. The van der Waals surface area contributed by atoms with Crippen LogP contribution in [-0.2, 0) is 6.54 Å². The van der Waals surface area contributed by atoms with Crippen LogP contribution in [0, 0.1) is 0 Å². The van der Waals surface area contributed by atoms with Gasteiger partial charge in [0.25, 0.3) is 5.56 Å². The van der Waals surface area contributed by atoms with Crippen molar-refractivity contribution in [1.82, 2.24) is 15.1 Å². The van der Waals surface area contributed by atoms with Crippen LogP contribution in [-0.4, -0.2) is 21.9 Å². The van der Waals surface area contributed by atoms with E-state index in [1.165, 1.54) is 4.68 Å². The van der Waals surface area contributed by atoms with E-state index in [4.69, 9.17) is 11.6 Å². The highest BCUT2D eigenvalue weighted by molar-refractivity contribution is 6.32. The molecule has 1 fully saturated rings. The second kappa shape index (κ2) is 9.22. The van der Waals surface area contributed by atoms with Crippen molar-refractivity contribution < 1.29 is 4.79 Å². The maximum absolute atomic E-state index is 12.6. The van der Waals surface area contributed by atoms with Crippen molar-refractivity contribution in [3.05, 3.63) is 87.3 Å². The van der Waals surface area contributed by atoms with E-state index >= 15 is 0 Å². The van der Waals surface area contributed by atoms with Crippen LogP contribution in [0.4, 0.5) is 16.2 Å². The number of nitrogens with one attached hydrogen (secondary N) is 3. The van der Waals surface area contributed by atoms with Gasteiger partial charge in [-0.1, -0.05) is 54.1 Å². The van der Waals surface area contributed by atoms with Gasteiger partial charge in [-0.05, 0) is 43.0 Å². The van der Waals surface area contributed by atoms with Crippen molar-refractivity contribution in [2.45, 2.75) is 38.4 Å². The zero-order chi connectivity index (χ0) is 21.8. The van der Waals surface area contributed by atoms with Gasteiger partial charge in [0.1, 0.15) is 5.02 Å². The first kappa shape index (κ1) is 20.9. The Morgan fingerprint density at radius 1 is 1.16 bits per heavy atom. The minimum absolute atomic E-state index is 0.104. The molecule has 2 amide bonds. The quantitative estimate of drug-likeness (QED) is 0.511. The van der Waals surface area contributed by atoms with E-state index in [2.05, 4.69) is 21.0 Å². The molecule has 1 heterocycles. The third-order valence-electron chi connectivity index (χ3n) is 5.11. The molecule has 1 unspecified atom stereocenters. The summed E-state index contributed by atoms with van der Waals surface area (Å²) in [6.07, 6.45) is 3.66. The largest absolute Gasteiger partial charge is 0.376 e. The maximum Gasteiger partial charge on any atom is 0.319 e. The highest BCUT2D eigenvalue weighted by Crippen LogP contribution is 2.24. The van der Waals surface area contributed by atoms with Gasteiger partial charge in [0, 0.05) is 17.8 Å². The van der Waals surface area contributed by atoms with Gasteiger partial charge in [-0.25, -0.2) is 9.48 Å². The summed E-state index contributed by atoms with van der Waals surface area (Å²) < 4.78 is 1.35. The van der Waals surface area contributed by atoms with Gasteiger partial charge in [0.05, 0.1) is 18.4 Å². The van der Waals surface area contributed by atoms with Gasteiger partial charge in [-0.2, -0.15) is 5.10 Å². The van der Waals surface area contributed by atoms with Crippen molar-refractivity contribution >= 4 is 29.0 Å². The van der Waals surface area contributed by atoms with Gasteiger partial charge < -0.3 is 16.0 Å². The lowest BCUT2D eigenvalue weighted by Gasteiger charge is -2.17. The second-order valence-electron chi connectivity index (χ2n) is 7.68. The van der Waals surface area contributed by atoms with Crippen molar-refractivity contribution in [3.63, 3.8) is 0 Å². The molecule has 160 valence electrons. The van der Waals surface area contributed by atoms with Gasteiger partial charge in [-0.3, -0.25) is 4.79 Å². The van der Waals surface area contributed by atoms with Gasteiger partial charge in [0.15, 0.2) is 0 Å². The third kappa shape index (κ3) is 5.44. The molecule has 0 aliphatic heterocycles. The molecule has 3 N–H and O–H groups in total. The summed E-state index contributed by atoms with van der Waals surface area (Å²) in [7, 11) is 0. The van der Waals surface area contributed by atoms with E-state index in [1.807, 2.05) is 61.5 Å². The normalized spacial score (nSPS) is 14.0. The summed E-state index contributed by atoms with van der Waals surface area (Å²) in [4.78, 5) is 24.5. The molecule has 3 aromatic rings. The fourth-order valence-corrected chi connectivity index (χ4v) is 3.39. The SMILES string of the molecule is CC(Nc1cnn(Cc2ccccc2)c(=O)c1Cl)c1ccc(NC(=O)NC2CC2)cc1. The molecule has 1 aromatic heterocycles. The van der Waals surface area contributed by atoms with E-state index in [0.717, 1.165) is 29.7 Å². The molecule has 2 aromatic carbocycles. The molecule has 0 spiro atoms. The summed E-state index contributed by atoms with van der Waals surface area (Å²) in [5, 5.41) is 13.3. The van der Waals surface area contributed by atoms with Crippen LogP contribution in [0.3, 0.4) is 0 Å². The topological polar surface area (TPSA) is 88.1 Å². The molecule has 0 saturated heterocycles. The number of benzene rings is 2. The average Bonchev–Trinajstić information content (AvgIpc) is 3.58. The molecule has 1 aliphatic carbocycles. The molecule has 8 heteroatoms. The van der Waals surface area contributed by atoms with Crippen molar-refractivity contribution in [2.24, 2.45) is 0 Å². The van der Waals surface area contributed by atoms with Crippen molar-refractivity contribution in [1.29, 1.82) is 0 Å². The lowest BCUT2D eigenvalue weighted by atomic mass is 10.1. The Kier molecular flexibility index (Phi) is 6.23. The first-order chi connectivity index (χ1) is 15.0. The summed E-state index contributed by atoms with van der Waals surface area (Å²) in [5.41, 5.74) is 2.81. The molecule has 0 radical (unpaired) electrons. The van der Waals surface area contributed by atoms with Crippen LogP contribution >= 0.6 is 11.6 Å². The van der Waals surface area contributed by atoms with E-state index in [9.17, 15) is 9.59 Å². The Bertz CT molecular complexity index is 1110. The summed E-state index contributed by atoms with van der Waals surface area (Å²) in [6, 6.07) is 17.2. The summed E-state index contributed by atoms with van der Waals surface area (Å²) in [6.45, 7) is 2.33. The lowest BCUT2D eigenvalue weighted by Crippen LogP contribution is -2.30. The number of rotatable bonds is 7. The Balaban J connectivity index is 1.40. The highest BCUT2D eigenvalue weighted by atomic mass is 35.5. The van der Waals surface area contributed by atoms with Crippen LogP contribution < -0.4 is 21.5 Å². The minimum atomic E-state index is -0.344. The monoisotopic (exact) mass is 437 g/mol. The number of anilines is 2. The fraction of sp³-hybridized carbons (Fsp3) is 0.261. The maximum atomic E-state index is 12.6. The Morgan fingerprint density at radius 2 is 1.87 bits per heavy atom. The highest BCUT2D eigenvalue weighted by Gasteiger charge is 2.23. The molecule has 1 atom stereocenters. The minimum Gasteiger partial charge on any atom is -0.376 e.